The zero-order chi connectivity index (χ0) is 13.1. The summed E-state index contributed by atoms with van der Waals surface area (Å²) in [5, 5.41) is 8.32. The Morgan fingerprint density at radius 1 is 1.61 bits per heavy atom. The van der Waals surface area contributed by atoms with Gasteiger partial charge in [-0.05, 0) is 48.4 Å². The van der Waals surface area contributed by atoms with Crippen LogP contribution in [0.3, 0.4) is 0 Å². The van der Waals surface area contributed by atoms with Crippen molar-refractivity contribution in [1.29, 1.82) is 0 Å². The maximum Gasteiger partial charge on any atom is 0.283 e. The predicted molar refractivity (Wildman–Crippen MR) is 80.4 cm³/mol. The van der Waals surface area contributed by atoms with Crippen molar-refractivity contribution in [3.05, 3.63) is 21.0 Å². The molecular weight excluding hydrogens is 314 g/mol. The smallest absolute Gasteiger partial charge is 0.283 e. The number of nitrogens with zero attached hydrogens (tertiary/aromatic N) is 2. The summed E-state index contributed by atoms with van der Waals surface area (Å²) in [5.41, 5.74) is 0.748. The second-order valence-electron chi connectivity index (χ2n) is 4.51. The number of hydrogen-bond donors (Lipinski definition) is 1. The predicted octanol–water partition coefficient (Wildman–Crippen LogP) is 2.72. The van der Waals surface area contributed by atoms with Crippen molar-refractivity contribution < 1.29 is 0 Å². The van der Waals surface area contributed by atoms with Crippen molar-refractivity contribution in [3.63, 3.8) is 0 Å². The number of aromatic nitrogens is 2. The first-order valence-corrected chi connectivity index (χ1v) is 8.28. The zero-order valence-corrected chi connectivity index (χ0v) is 13.1. The second kappa shape index (κ2) is 6.10. The quantitative estimate of drug-likeness (QED) is 0.921. The Labute approximate surface area is 120 Å². The minimum Gasteiger partial charge on any atom is -0.380 e. The lowest BCUT2D eigenvalue weighted by molar-refractivity contribution is 0.611. The van der Waals surface area contributed by atoms with Gasteiger partial charge >= 0.3 is 0 Å². The first-order chi connectivity index (χ1) is 8.65. The zero-order valence-electron chi connectivity index (χ0n) is 10.6. The summed E-state index contributed by atoms with van der Waals surface area (Å²) in [6, 6.07) is 0.456. The van der Waals surface area contributed by atoms with Crippen LogP contribution in [0, 0.1) is 0 Å². The number of thioether (sulfide) groups is 1. The SMILES string of the molecule is CCn1ncc(NC2CCC(SC)C2)c(Br)c1=O. The Morgan fingerprint density at radius 3 is 3.00 bits per heavy atom. The summed E-state index contributed by atoms with van der Waals surface area (Å²) < 4.78 is 2.04. The monoisotopic (exact) mass is 331 g/mol. The van der Waals surface area contributed by atoms with E-state index in [-0.39, 0.29) is 5.56 Å². The van der Waals surface area contributed by atoms with E-state index >= 15 is 0 Å². The van der Waals surface area contributed by atoms with Crippen LogP contribution in [0.4, 0.5) is 5.69 Å². The first-order valence-electron chi connectivity index (χ1n) is 6.20. The van der Waals surface area contributed by atoms with E-state index in [1.165, 1.54) is 11.1 Å². The number of hydrogen-bond acceptors (Lipinski definition) is 4. The maximum atomic E-state index is 11.9. The van der Waals surface area contributed by atoms with E-state index in [9.17, 15) is 4.79 Å². The number of aryl methyl sites for hydroxylation is 1. The largest absolute Gasteiger partial charge is 0.380 e. The fourth-order valence-electron chi connectivity index (χ4n) is 2.30. The van der Waals surface area contributed by atoms with Crippen molar-refractivity contribution in [2.75, 3.05) is 11.6 Å². The van der Waals surface area contributed by atoms with Gasteiger partial charge in [-0.1, -0.05) is 0 Å². The molecule has 1 aromatic rings. The molecule has 2 atom stereocenters. The van der Waals surface area contributed by atoms with E-state index in [4.69, 9.17) is 0 Å². The molecule has 1 fully saturated rings. The highest BCUT2D eigenvalue weighted by Gasteiger charge is 2.24. The van der Waals surface area contributed by atoms with Gasteiger partial charge in [-0.2, -0.15) is 16.9 Å². The third kappa shape index (κ3) is 2.91. The van der Waals surface area contributed by atoms with E-state index in [1.807, 2.05) is 18.7 Å². The molecule has 2 rings (SSSR count). The van der Waals surface area contributed by atoms with E-state index in [2.05, 4.69) is 32.6 Å². The van der Waals surface area contributed by atoms with Crippen molar-refractivity contribution in [2.24, 2.45) is 0 Å². The van der Waals surface area contributed by atoms with Gasteiger partial charge in [0.25, 0.3) is 5.56 Å². The van der Waals surface area contributed by atoms with Crippen LogP contribution in [-0.2, 0) is 6.54 Å². The van der Waals surface area contributed by atoms with Crippen molar-refractivity contribution in [1.82, 2.24) is 9.78 Å². The average molecular weight is 332 g/mol. The van der Waals surface area contributed by atoms with Crippen LogP contribution in [-0.4, -0.2) is 27.3 Å². The molecule has 6 heteroatoms. The summed E-state index contributed by atoms with van der Waals surface area (Å²) in [5.74, 6) is 0. The molecule has 0 saturated heterocycles. The summed E-state index contributed by atoms with van der Waals surface area (Å²) >= 11 is 5.30. The molecule has 1 aromatic heterocycles. The van der Waals surface area contributed by atoms with Gasteiger partial charge in [-0.25, -0.2) is 4.68 Å². The van der Waals surface area contributed by atoms with Gasteiger partial charge in [-0.15, -0.1) is 0 Å². The third-order valence-corrected chi connectivity index (χ3v) is 5.22. The number of anilines is 1. The first kappa shape index (κ1) is 13.9. The lowest BCUT2D eigenvalue weighted by Gasteiger charge is -2.15. The summed E-state index contributed by atoms with van der Waals surface area (Å²) in [6.45, 7) is 2.50. The van der Waals surface area contributed by atoms with E-state index in [0.29, 0.717) is 17.1 Å². The number of rotatable bonds is 4. The van der Waals surface area contributed by atoms with Gasteiger partial charge in [0.15, 0.2) is 0 Å². The third-order valence-electron chi connectivity index (χ3n) is 3.36. The lowest BCUT2D eigenvalue weighted by Crippen LogP contribution is -2.25. The molecule has 1 aliphatic carbocycles. The molecular formula is C12H18BrN3OS. The molecule has 100 valence electrons. The molecule has 0 spiro atoms. The van der Waals surface area contributed by atoms with Crippen molar-refractivity contribution >= 4 is 33.4 Å². The van der Waals surface area contributed by atoms with Gasteiger partial charge in [0.2, 0.25) is 0 Å². The van der Waals surface area contributed by atoms with Gasteiger partial charge < -0.3 is 5.32 Å². The van der Waals surface area contributed by atoms with Crippen LogP contribution in [0.25, 0.3) is 0 Å². The van der Waals surface area contributed by atoms with Crippen molar-refractivity contribution in [2.45, 2.75) is 44.0 Å². The fraction of sp³-hybridized carbons (Fsp3) is 0.667. The second-order valence-corrected chi connectivity index (χ2v) is 6.44. The molecule has 1 N–H and O–H groups in total. The number of halogens is 1. The Morgan fingerprint density at radius 2 is 2.39 bits per heavy atom. The van der Waals surface area contributed by atoms with Gasteiger partial charge in [-0.3, -0.25) is 4.79 Å². The summed E-state index contributed by atoms with van der Waals surface area (Å²) in [6.07, 6.45) is 7.46. The summed E-state index contributed by atoms with van der Waals surface area (Å²) in [4.78, 5) is 11.9. The number of nitrogens with one attached hydrogen (secondary N) is 1. The Balaban J connectivity index is 2.11. The van der Waals surface area contributed by atoms with E-state index in [1.54, 1.807) is 6.20 Å². The highest BCUT2D eigenvalue weighted by atomic mass is 79.9. The highest BCUT2D eigenvalue weighted by molar-refractivity contribution is 9.10. The van der Waals surface area contributed by atoms with Gasteiger partial charge in [0.1, 0.15) is 4.47 Å². The topological polar surface area (TPSA) is 46.9 Å². The molecule has 1 saturated carbocycles. The standard InChI is InChI=1S/C12H18BrN3OS/c1-3-16-12(17)11(13)10(7-14-16)15-8-4-5-9(6-8)18-2/h7-9,15H,3-6H2,1-2H3. The molecule has 18 heavy (non-hydrogen) atoms. The molecule has 0 radical (unpaired) electrons. The Hall–Kier alpha value is -0.490. The molecule has 1 heterocycles. The average Bonchev–Trinajstić information content (AvgIpc) is 2.83. The van der Waals surface area contributed by atoms with Gasteiger partial charge in [0.05, 0.1) is 11.9 Å². The fourth-order valence-corrected chi connectivity index (χ4v) is 3.51. The molecule has 2 unspecified atom stereocenters. The minimum absolute atomic E-state index is 0.0677. The van der Waals surface area contributed by atoms with E-state index < -0.39 is 0 Å². The minimum atomic E-state index is -0.0677. The normalized spacial score (nSPS) is 23.3. The van der Waals surface area contributed by atoms with Crippen LogP contribution in [0.5, 0.6) is 0 Å². The maximum absolute atomic E-state index is 11.9. The molecule has 0 amide bonds. The Kier molecular flexibility index (Phi) is 4.72. The Bertz CT molecular complexity index is 477. The molecule has 1 aliphatic rings. The van der Waals surface area contributed by atoms with Crippen molar-refractivity contribution in [3.8, 4) is 0 Å². The van der Waals surface area contributed by atoms with Crippen LogP contribution in [0.2, 0.25) is 0 Å². The molecule has 0 bridgehead atoms. The lowest BCUT2D eigenvalue weighted by atomic mass is 10.2. The molecule has 0 aromatic carbocycles. The van der Waals surface area contributed by atoms with E-state index in [0.717, 1.165) is 23.8 Å². The van der Waals surface area contributed by atoms with Crippen LogP contribution in [0.15, 0.2) is 15.5 Å². The highest BCUT2D eigenvalue weighted by Crippen LogP contribution is 2.31. The van der Waals surface area contributed by atoms with Crippen LogP contribution in [0.1, 0.15) is 26.2 Å². The molecule has 0 aliphatic heterocycles. The van der Waals surface area contributed by atoms with Crippen LogP contribution >= 0.6 is 27.7 Å². The summed E-state index contributed by atoms with van der Waals surface area (Å²) in [7, 11) is 0. The van der Waals surface area contributed by atoms with Crippen LogP contribution < -0.4 is 10.9 Å². The molecule has 4 nitrogen and oxygen atoms in total. The van der Waals surface area contributed by atoms with Gasteiger partial charge in [0, 0.05) is 17.8 Å².